The number of rotatable bonds is 4. The number of benzene rings is 2. The zero-order valence-corrected chi connectivity index (χ0v) is 11.5. The maximum Gasteiger partial charge on any atom is 0.131 e. The largest absolute Gasteiger partial charge is 0.371 e. The predicted molar refractivity (Wildman–Crippen MR) is 74.7 cm³/mol. The van der Waals surface area contributed by atoms with Crippen LogP contribution in [-0.4, -0.2) is 12.7 Å². The Labute approximate surface area is 122 Å². The molecule has 2 aromatic carbocycles. The van der Waals surface area contributed by atoms with E-state index >= 15 is 0 Å². The van der Waals surface area contributed by atoms with Gasteiger partial charge in [-0.05, 0) is 17.7 Å². The molecule has 21 heavy (non-hydrogen) atoms. The molecule has 0 N–H and O–H groups in total. The van der Waals surface area contributed by atoms with Gasteiger partial charge in [0.1, 0.15) is 11.6 Å². The van der Waals surface area contributed by atoms with Gasteiger partial charge in [-0.1, -0.05) is 36.4 Å². The van der Waals surface area contributed by atoms with E-state index in [0.29, 0.717) is 13.0 Å². The summed E-state index contributed by atoms with van der Waals surface area (Å²) in [5, 5.41) is 0. The van der Waals surface area contributed by atoms with Crippen LogP contribution in [0.1, 0.15) is 23.7 Å². The molecule has 0 saturated carbocycles. The van der Waals surface area contributed by atoms with Crippen molar-refractivity contribution in [3.63, 3.8) is 0 Å². The molecule has 0 amide bonds. The van der Waals surface area contributed by atoms with E-state index in [0.717, 1.165) is 5.56 Å². The standard InChI is InChI=1S/C17H16F2O2/c18-15-7-4-8-16(19)14(15)11-20-13-9-17(21-10-13)12-5-2-1-3-6-12/h1-8,13,17H,9-11H2. The van der Waals surface area contributed by atoms with Gasteiger partial charge in [0.15, 0.2) is 0 Å². The normalized spacial score (nSPS) is 21.6. The third-order valence-corrected chi connectivity index (χ3v) is 3.66. The molecule has 0 aromatic heterocycles. The summed E-state index contributed by atoms with van der Waals surface area (Å²) in [6.07, 6.45) is 0.538. The van der Waals surface area contributed by atoms with Crippen LogP contribution in [-0.2, 0) is 16.1 Å². The number of hydrogen-bond acceptors (Lipinski definition) is 2. The van der Waals surface area contributed by atoms with Crippen molar-refractivity contribution in [1.29, 1.82) is 0 Å². The fourth-order valence-electron chi connectivity index (χ4n) is 2.49. The summed E-state index contributed by atoms with van der Waals surface area (Å²) < 4.78 is 38.3. The molecule has 0 radical (unpaired) electrons. The summed E-state index contributed by atoms with van der Waals surface area (Å²) in [4.78, 5) is 0. The Hall–Kier alpha value is -1.78. The van der Waals surface area contributed by atoms with Crippen molar-refractivity contribution in [2.24, 2.45) is 0 Å². The lowest BCUT2D eigenvalue weighted by molar-refractivity contribution is 0.0251. The van der Waals surface area contributed by atoms with Gasteiger partial charge in [-0.15, -0.1) is 0 Å². The summed E-state index contributed by atoms with van der Waals surface area (Å²) in [5.74, 6) is -1.15. The summed E-state index contributed by atoms with van der Waals surface area (Å²) >= 11 is 0. The summed E-state index contributed by atoms with van der Waals surface area (Å²) in [6, 6.07) is 13.7. The fraction of sp³-hybridized carbons (Fsp3) is 0.294. The molecule has 0 aliphatic carbocycles. The van der Waals surface area contributed by atoms with Gasteiger partial charge in [0.2, 0.25) is 0 Å². The minimum absolute atomic E-state index is 0.0123. The SMILES string of the molecule is Fc1cccc(F)c1COC1COC(c2ccccc2)C1. The lowest BCUT2D eigenvalue weighted by atomic mass is 10.1. The Bertz CT molecular complexity index is 581. The lowest BCUT2D eigenvalue weighted by Gasteiger charge is -2.12. The molecule has 110 valence electrons. The Morgan fingerprint density at radius 1 is 1.00 bits per heavy atom. The van der Waals surface area contributed by atoms with E-state index in [1.165, 1.54) is 18.2 Å². The third kappa shape index (κ3) is 3.28. The van der Waals surface area contributed by atoms with Gasteiger partial charge in [0.05, 0.1) is 25.4 Å². The van der Waals surface area contributed by atoms with Gasteiger partial charge in [0.25, 0.3) is 0 Å². The van der Waals surface area contributed by atoms with E-state index in [9.17, 15) is 8.78 Å². The number of hydrogen-bond donors (Lipinski definition) is 0. The quantitative estimate of drug-likeness (QED) is 0.847. The molecule has 0 bridgehead atoms. The second kappa shape index (κ2) is 6.33. The minimum atomic E-state index is -0.575. The van der Waals surface area contributed by atoms with Crippen LogP contribution >= 0.6 is 0 Å². The van der Waals surface area contributed by atoms with Crippen LogP contribution in [0.2, 0.25) is 0 Å². The monoisotopic (exact) mass is 290 g/mol. The van der Waals surface area contributed by atoms with Crippen molar-refractivity contribution in [3.05, 3.63) is 71.3 Å². The van der Waals surface area contributed by atoms with Crippen LogP contribution in [0.25, 0.3) is 0 Å². The molecular formula is C17H16F2O2. The Kier molecular flexibility index (Phi) is 4.27. The Morgan fingerprint density at radius 3 is 2.43 bits per heavy atom. The van der Waals surface area contributed by atoms with Crippen molar-refractivity contribution in [1.82, 2.24) is 0 Å². The second-order valence-electron chi connectivity index (χ2n) is 5.10. The smallest absolute Gasteiger partial charge is 0.131 e. The fourth-order valence-corrected chi connectivity index (χ4v) is 2.49. The van der Waals surface area contributed by atoms with Gasteiger partial charge in [0, 0.05) is 12.0 Å². The van der Waals surface area contributed by atoms with Crippen LogP contribution in [0.15, 0.2) is 48.5 Å². The highest BCUT2D eigenvalue weighted by Gasteiger charge is 2.27. The minimum Gasteiger partial charge on any atom is -0.371 e. The zero-order chi connectivity index (χ0) is 14.7. The molecular weight excluding hydrogens is 274 g/mol. The predicted octanol–water partition coefficient (Wildman–Crippen LogP) is 4.01. The Morgan fingerprint density at radius 2 is 1.71 bits per heavy atom. The second-order valence-corrected chi connectivity index (χ2v) is 5.10. The molecule has 1 fully saturated rings. The first-order chi connectivity index (χ1) is 10.2. The topological polar surface area (TPSA) is 18.5 Å². The highest BCUT2D eigenvalue weighted by molar-refractivity contribution is 5.20. The maximum atomic E-state index is 13.5. The summed E-state index contributed by atoms with van der Waals surface area (Å²) in [6.45, 7) is 0.365. The van der Waals surface area contributed by atoms with E-state index in [2.05, 4.69) is 0 Å². The van der Waals surface area contributed by atoms with E-state index < -0.39 is 11.6 Å². The zero-order valence-electron chi connectivity index (χ0n) is 11.5. The van der Waals surface area contributed by atoms with Gasteiger partial charge in [-0.3, -0.25) is 0 Å². The molecule has 1 saturated heterocycles. The highest BCUT2D eigenvalue weighted by atomic mass is 19.1. The van der Waals surface area contributed by atoms with E-state index in [1.807, 2.05) is 30.3 Å². The van der Waals surface area contributed by atoms with Gasteiger partial charge < -0.3 is 9.47 Å². The first-order valence-corrected chi connectivity index (χ1v) is 6.95. The average molecular weight is 290 g/mol. The van der Waals surface area contributed by atoms with Crippen LogP contribution in [0.3, 0.4) is 0 Å². The maximum absolute atomic E-state index is 13.5. The van der Waals surface area contributed by atoms with Crippen LogP contribution in [0.4, 0.5) is 8.78 Å². The molecule has 2 atom stereocenters. The molecule has 0 spiro atoms. The molecule has 1 aliphatic heterocycles. The van der Waals surface area contributed by atoms with Crippen molar-refractivity contribution >= 4 is 0 Å². The molecule has 2 aromatic rings. The van der Waals surface area contributed by atoms with Crippen molar-refractivity contribution < 1.29 is 18.3 Å². The number of ether oxygens (including phenoxy) is 2. The van der Waals surface area contributed by atoms with Gasteiger partial charge >= 0.3 is 0 Å². The summed E-state index contributed by atoms with van der Waals surface area (Å²) in [5.41, 5.74) is 1.07. The van der Waals surface area contributed by atoms with Gasteiger partial charge in [-0.25, -0.2) is 8.78 Å². The summed E-state index contributed by atoms with van der Waals surface area (Å²) in [7, 11) is 0. The van der Waals surface area contributed by atoms with Crippen LogP contribution < -0.4 is 0 Å². The average Bonchev–Trinajstić information content (AvgIpc) is 2.97. The van der Waals surface area contributed by atoms with Crippen molar-refractivity contribution in [2.45, 2.75) is 25.2 Å². The number of halogens is 2. The molecule has 3 rings (SSSR count). The first-order valence-electron chi connectivity index (χ1n) is 6.95. The van der Waals surface area contributed by atoms with Crippen molar-refractivity contribution in [2.75, 3.05) is 6.61 Å². The van der Waals surface area contributed by atoms with E-state index in [4.69, 9.17) is 9.47 Å². The third-order valence-electron chi connectivity index (χ3n) is 3.66. The van der Waals surface area contributed by atoms with E-state index in [1.54, 1.807) is 0 Å². The lowest BCUT2D eigenvalue weighted by Crippen LogP contribution is -2.13. The molecule has 1 aliphatic rings. The van der Waals surface area contributed by atoms with Crippen molar-refractivity contribution in [3.8, 4) is 0 Å². The molecule has 1 heterocycles. The van der Waals surface area contributed by atoms with Crippen LogP contribution in [0, 0.1) is 11.6 Å². The van der Waals surface area contributed by atoms with Gasteiger partial charge in [-0.2, -0.15) is 0 Å². The Balaban J connectivity index is 1.58. The highest BCUT2D eigenvalue weighted by Crippen LogP contribution is 2.30. The first kappa shape index (κ1) is 14.2. The molecule has 2 unspecified atom stereocenters. The molecule has 4 heteroatoms. The van der Waals surface area contributed by atoms with E-state index in [-0.39, 0.29) is 24.4 Å². The molecule has 2 nitrogen and oxygen atoms in total. The van der Waals surface area contributed by atoms with Crippen LogP contribution in [0.5, 0.6) is 0 Å².